The Morgan fingerprint density at radius 2 is 1.25 bits per heavy atom. The van der Waals surface area contributed by atoms with Gasteiger partial charge in [0, 0.05) is 0 Å². The van der Waals surface area contributed by atoms with E-state index in [0.717, 1.165) is 0 Å². The zero-order valence-corrected chi connectivity index (χ0v) is 8.16. The van der Waals surface area contributed by atoms with Crippen molar-refractivity contribution in [2.45, 2.75) is 0 Å². The molecule has 0 saturated carbocycles. The number of rotatable bonds is 0. The average molecular weight is 181 g/mol. The molecule has 0 bridgehead atoms. The average Bonchev–Trinajstić information content (AvgIpc) is 0.722. The van der Waals surface area contributed by atoms with Crippen molar-refractivity contribution in [1.82, 2.24) is 0 Å². The van der Waals surface area contributed by atoms with Crippen LogP contribution in [0.15, 0.2) is 0 Å². The summed E-state index contributed by atoms with van der Waals surface area (Å²) in [5, 5.41) is 0. The first-order valence-electron chi connectivity index (χ1n) is 1.15. The van der Waals surface area contributed by atoms with E-state index in [4.69, 9.17) is 5.58 Å². The van der Waals surface area contributed by atoms with Crippen LogP contribution in [0.2, 0.25) is 0 Å². The third-order valence-electron chi connectivity index (χ3n) is 0.333. The summed E-state index contributed by atoms with van der Waals surface area (Å²) in [6, 6.07) is 0. The van der Waals surface area contributed by atoms with Crippen LogP contribution in [0.25, 0.3) is 0 Å². The number of hydrogen-bond acceptors (Lipinski definition) is 2. The van der Waals surface area contributed by atoms with Crippen molar-refractivity contribution in [2.75, 3.05) is 0 Å². The van der Waals surface area contributed by atoms with Crippen LogP contribution in [0.4, 0.5) is 0 Å². The predicted molar refractivity (Wildman–Crippen MR) is 19.3 cm³/mol. The molecule has 0 radical (unpaired) electrons. The zero-order valence-electron chi connectivity index (χ0n) is 2.23. The molecule has 1 rings (SSSR count). The van der Waals surface area contributed by atoms with Gasteiger partial charge < -0.3 is 0 Å². The van der Waals surface area contributed by atoms with Crippen LogP contribution >= 0.6 is 0 Å². The van der Waals surface area contributed by atoms with E-state index in [-0.39, 0.29) is 0 Å². The van der Waals surface area contributed by atoms with Crippen molar-refractivity contribution in [3.63, 3.8) is 0 Å². The molecule has 0 spiro atoms. The maximum atomic E-state index is 4.88. The molecule has 0 atom stereocenters. The van der Waals surface area contributed by atoms with Crippen LogP contribution in [0.1, 0.15) is 0 Å². The van der Waals surface area contributed by atoms with Gasteiger partial charge in [-0.3, -0.25) is 0 Å². The van der Waals surface area contributed by atoms with Crippen molar-refractivity contribution < 1.29 is 5.58 Å². The van der Waals surface area contributed by atoms with E-state index in [0.29, 0.717) is 0 Å². The molecule has 0 aromatic rings. The predicted octanol–water partition coefficient (Wildman–Crippen LogP) is -1.97. The fraction of sp³-hybridized carbons (Fsp3) is 0. The second-order valence-corrected chi connectivity index (χ2v) is 12.2. The van der Waals surface area contributed by atoms with E-state index in [1.807, 2.05) is 0 Å². The Bertz CT molecular complexity index is 12.0. The summed E-state index contributed by atoms with van der Waals surface area (Å²) in [5.74, 6) is 0. The van der Waals surface area contributed by atoms with Crippen molar-refractivity contribution >= 4 is 32.2 Å². The summed E-state index contributed by atoms with van der Waals surface area (Å²) >= 11 is -1.25. The maximum absolute atomic E-state index is 4.88. The SMILES string of the molecule is [O]1[GeH2][O][GeH2]1. The molecule has 0 aromatic heterocycles. The third-order valence-corrected chi connectivity index (χ3v) is 9.00. The molecule has 0 aromatic carbocycles. The van der Waals surface area contributed by atoms with Gasteiger partial charge in [-0.05, 0) is 0 Å². The molecule has 0 aliphatic carbocycles. The Morgan fingerprint density at radius 3 is 1.25 bits per heavy atom. The third kappa shape index (κ3) is 0.483. The van der Waals surface area contributed by atoms with Gasteiger partial charge in [0.15, 0.2) is 0 Å². The summed E-state index contributed by atoms with van der Waals surface area (Å²) in [7, 11) is 0. The van der Waals surface area contributed by atoms with Crippen LogP contribution in [0, 0.1) is 0 Å². The van der Waals surface area contributed by atoms with Crippen molar-refractivity contribution in [2.24, 2.45) is 0 Å². The van der Waals surface area contributed by atoms with Crippen molar-refractivity contribution in [3.8, 4) is 0 Å². The monoisotopic (exact) mass is 184 g/mol. The van der Waals surface area contributed by atoms with Gasteiger partial charge in [0.05, 0.1) is 0 Å². The molecular formula is H4Ge2O2. The first-order valence-corrected chi connectivity index (χ1v) is 6.00. The van der Waals surface area contributed by atoms with Gasteiger partial charge >= 0.3 is 37.8 Å². The Balaban J connectivity index is 2.00. The first-order chi connectivity index (χ1) is 2.00. The van der Waals surface area contributed by atoms with Crippen LogP contribution < -0.4 is 0 Å². The molecule has 2 nitrogen and oxygen atoms in total. The molecule has 1 saturated heterocycles. The standard InChI is InChI=1S/Ge2H4O2/c1-3-2-4-1/h1-2H2. The van der Waals surface area contributed by atoms with Gasteiger partial charge in [0.1, 0.15) is 0 Å². The molecule has 4 heteroatoms. The Morgan fingerprint density at radius 1 is 1.00 bits per heavy atom. The number of hydrogen-bond donors (Lipinski definition) is 0. The Labute approximate surface area is 38.2 Å². The minimum atomic E-state index is -0.625. The second kappa shape index (κ2) is 1.44. The van der Waals surface area contributed by atoms with Gasteiger partial charge in [0.25, 0.3) is 0 Å². The topological polar surface area (TPSA) is 18.5 Å². The summed E-state index contributed by atoms with van der Waals surface area (Å²) in [5.41, 5.74) is 0. The fourth-order valence-electron chi connectivity index (χ4n) is 0.0833. The fourth-order valence-corrected chi connectivity index (χ4v) is 2.25. The van der Waals surface area contributed by atoms with E-state index < -0.39 is 32.2 Å². The van der Waals surface area contributed by atoms with Crippen LogP contribution in [-0.2, 0) is 5.58 Å². The Hall–Kier alpha value is 1.01. The van der Waals surface area contributed by atoms with Gasteiger partial charge in [-0.1, -0.05) is 0 Å². The molecule has 0 N–H and O–H groups in total. The molecule has 0 unspecified atom stereocenters. The van der Waals surface area contributed by atoms with Gasteiger partial charge in [-0.2, -0.15) is 0 Å². The molecular weight excluding hydrogens is 177 g/mol. The van der Waals surface area contributed by atoms with E-state index in [2.05, 4.69) is 0 Å². The van der Waals surface area contributed by atoms with Crippen LogP contribution in [0.3, 0.4) is 0 Å². The van der Waals surface area contributed by atoms with E-state index >= 15 is 0 Å². The molecule has 1 fully saturated rings. The van der Waals surface area contributed by atoms with E-state index in [1.165, 1.54) is 0 Å². The van der Waals surface area contributed by atoms with Gasteiger partial charge in [0.2, 0.25) is 0 Å². The van der Waals surface area contributed by atoms with Gasteiger partial charge in [-0.25, -0.2) is 0 Å². The normalized spacial score (nSPS) is 36.0. The van der Waals surface area contributed by atoms with Crippen LogP contribution in [0.5, 0.6) is 0 Å². The molecule has 24 valence electrons. The quantitative estimate of drug-likeness (QED) is 0.404. The first kappa shape index (κ1) is 3.21. The summed E-state index contributed by atoms with van der Waals surface area (Å²) in [6.45, 7) is 0. The molecule has 0 amide bonds. The second-order valence-electron chi connectivity index (χ2n) is 0.644. The van der Waals surface area contributed by atoms with Crippen molar-refractivity contribution in [1.29, 1.82) is 0 Å². The molecule has 1 aliphatic heterocycles. The molecule has 4 heavy (non-hydrogen) atoms. The van der Waals surface area contributed by atoms with Crippen LogP contribution in [-0.4, -0.2) is 32.2 Å². The summed E-state index contributed by atoms with van der Waals surface area (Å²) in [4.78, 5) is 0. The summed E-state index contributed by atoms with van der Waals surface area (Å²) < 4.78 is 9.75. The van der Waals surface area contributed by atoms with Crippen molar-refractivity contribution in [3.05, 3.63) is 0 Å². The van der Waals surface area contributed by atoms with E-state index in [1.54, 1.807) is 0 Å². The summed E-state index contributed by atoms with van der Waals surface area (Å²) in [6.07, 6.45) is 0. The minimum absolute atomic E-state index is 0.625. The van der Waals surface area contributed by atoms with E-state index in [9.17, 15) is 0 Å². The molecule has 1 heterocycles. The Kier molecular flexibility index (Phi) is 1.16. The van der Waals surface area contributed by atoms with Gasteiger partial charge in [-0.15, -0.1) is 0 Å². The molecule has 1 aliphatic rings. The zero-order chi connectivity index (χ0) is 2.83.